The molecule has 3 heteroatoms. The molecule has 3 aromatic rings. The maximum Gasteiger partial charge on any atom is 0.125 e. The van der Waals surface area contributed by atoms with Gasteiger partial charge in [0.1, 0.15) is 17.7 Å². The Morgan fingerprint density at radius 3 is 2.04 bits per heavy atom. The fourth-order valence-corrected chi connectivity index (χ4v) is 2.79. The number of alkyl halides is 1. The highest BCUT2D eigenvalue weighted by Crippen LogP contribution is 2.28. The van der Waals surface area contributed by atoms with Crippen LogP contribution in [0.1, 0.15) is 18.1 Å². The Hall–Kier alpha value is -2.32. The lowest BCUT2D eigenvalue weighted by molar-refractivity contribution is 0.202. The Kier molecular flexibility index (Phi) is 5.50. The third-order valence-electron chi connectivity index (χ3n) is 3.85. The summed E-state index contributed by atoms with van der Waals surface area (Å²) in [6.07, 6.45) is 0.471. The molecule has 3 rings (SSSR count). The third kappa shape index (κ3) is 4.15. The van der Waals surface area contributed by atoms with Crippen LogP contribution in [0.2, 0.25) is 0 Å². The molecule has 1 atom stereocenters. The maximum atomic E-state index is 13.1. The first-order valence-electron chi connectivity index (χ1n) is 7.90. The minimum absolute atomic E-state index is 0.189. The number of halogens is 2. The number of hydrogen-bond acceptors (Lipinski definition) is 1. The van der Waals surface area contributed by atoms with E-state index in [1.165, 1.54) is 17.7 Å². The standard InChI is InChI=1S/C21H18ClFO/c22-15-14-21(18-6-10-19(23)11-7-18)24-20-12-8-17(9-13-20)16-4-2-1-3-5-16/h1-13,21H,14-15H2/t21-/m1/s1. The summed E-state index contributed by atoms with van der Waals surface area (Å²) >= 11 is 5.89. The zero-order valence-corrected chi connectivity index (χ0v) is 13.9. The first-order chi connectivity index (χ1) is 11.8. The van der Waals surface area contributed by atoms with Gasteiger partial charge in [0, 0.05) is 12.3 Å². The molecule has 0 aliphatic heterocycles. The van der Waals surface area contributed by atoms with E-state index in [1.54, 1.807) is 12.1 Å². The van der Waals surface area contributed by atoms with Gasteiger partial charge in [-0.1, -0.05) is 54.6 Å². The van der Waals surface area contributed by atoms with Gasteiger partial charge in [-0.3, -0.25) is 0 Å². The Morgan fingerprint density at radius 2 is 1.42 bits per heavy atom. The van der Waals surface area contributed by atoms with E-state index >= 15 is 0 Å². The van der Waals surface area contributed by atoms with E-state index < -0.39 is 0 Å². The summed E-state index contributed by atoms with van der Waals surface area (Å²) < 4.78 is 19.2. The summed E-state index contributed by atoms with van der Waals surface area (Å²) in [5.74, 6) is 0.995. The van der Waals surface area contributed by atoms with Gasteiger partial charge >= 0.3 is 0 Å². The zero-order chi connectivity index (χ0) is 16.8. The molecule has 0 spiro atoms. The average molecular weight is 341 g/mol. The molecule has 24 heavy (non-hydrogen) atoms. The van der Waals surface area contributed by atoms with Gasteiger partial charge in [-0.2, -0.15) is 0 Å². The van der Waals surface area contributed by atoms with Gasteiger partial charge in [0.05, 0.1) is 0 Å². The average Bonchev–Trinajstić information content (AvgIpc) is 2.63. The van der Waals surface area contributed by atoms with Crippen LogP contribution in [0.15, 0.2) is 78.9 Å². The Morgan fingerprint density at radius 1 is 0.792 bits per heavy atom. The summed E-state index contributed by atoms with van der Waals surface area (Å²) in [5, 5.41) is 0. The van der Waals surface area contributed by atoms with Crippen LogP contribution in [0.4, 0.5) is 4.39 Å². The summed E-state index contributed by atoms with van der Waals surface area (Å²) in [4.78, 5) is 0. The normalized spacial score (nSPS) is 11.9. The second kappa shape index (κ2) is 7.98. The molecular weight excluding hydrogens is 323 g/mol. The van der Waals surface area contributed by atoms with Crippen molar-refractivity contribution in [1.82, 2.24) is 0 Å². The summed E-state index contributed by atoms with van der Waals surface area (Å²) in [6, 6.07) is 24.5. The van der Waals surface area contributed by atoms with Gasteiger partial charge in [0.15, 0.2) is 0 Å². The third-order valence-corrected chi connectivity index (χ3v) is 4.07. The second-order valence-electron chi connectivity index (χ2n) is 5.53. The van der Waals surface area contributed by atoms with Gasteiger partial charge in [-0.15, -0.1) is 11.6 Å². The largest absolute Gasteiger partial charge is 0.486 e. The summed E-state index contributed by atoms with van der Waals surface area (Å²) in [6.45, 7) is 0. The van der Waals surface area contributed by atoms with Crippen molar-refractivity contribution < 1.29 is 9.13 Å². The second-order valence-corrected chi connectivity index (χ2v) is 5.90. The Bertz CT molecular complexity index is 754. The smallest absolute Gasteiger partial charge is 0.125 e. The number of rotatable bonds is 6. The van der Waals surface area contributed by atoms with Crippen LogP contribution in [0.3, 0.4) is 0 Å². The number of ether oxygens (including phenoxy) is 1. The van der Waals surface area contributed by atoms with E-state index in [4.69, 9.17) is 16.3 Å². The fraction of sp³-hybridized carbons (Fsp3) is 0.143. The van der Waals surface area contributed by atoms with E-state index in [9.17, 15) is 4.39 Å². The molecule has 0 amide bonds. The Labute approximate surface area is 146 Å². The molecule has 0 aromatic heterocycles. The zero-order valence-electron chi connectivity index (χ0n) is 13.2. The minimum atomic E-state index is -0.254. The summed E-state index contributed by atoms with van der Waals surface area (Å²) in [5.41, 5.74) is 3.22. The van der Waals surface area contributed by atoms with Crippen LogP contribution in [0.5, 0.6) is 5.75 Å². The van der Waals surface area contributed by atoms with Crippen molar-refractivity contribution in [2.45, 2.75) is 12.5 Å². The highest BCUT2D eigenvalue weighted by atomic mass is 35.5. The van der Waals surface area contributed by atoms with E-state index in [0.717, 1.165) is 16.9 Å². The van der Waals surface area contributed by atoms with Gasteiger partial charge < -0.3 is 4.74 Å². The molecule has 0 N–H and O–H groups in total. The van der Waals surface area contributed by atoms with Crippen LogP contribution in [-0.2, 0) is 0 Å². The van der Waals surface area contributed by atoms with Crippen molar-refractivity contribution in [3.8, 4) is 16.9 Å². The Balaban J connectivity index is 1.76. The van der Waals surface area contributed by atoms with Crippen molar-refractivity contribution >= 4 is 11.6 Å². The quantitative estimate of drug-likeness (QED) is 0.482. The molecular formula is C21H18ClFO. The van der Waals surface area contributed by atoms with Crippen LogP contribution in [-0.4, -0.2) is 5.88 Å². The molecule has 3 aromatic carbocycles. The molecule has 0 bridgehead atoms. The molecule has 0 aliphatic carbocycles. The van der Waals surface area contributed by atoms with Crippen molar-refractivity contribution in [2.75, 3.05) is 5.88 Å². The number of benzene rings is 3. The molecule has 0 fully saturated rings. The lowest BCUT2D eigenvalue weighted by atomic mass is 10.1. The predicted octanol–water partition coefficient (Wildman–Crippen LogP) is 6.24. The van der Waals surface area contributed by atoms with Gasteiger partial charge in [-0.25, -0.2) is 4.39 Å². The summed E-state index contributed by atoms with van der Waals surface area (Å²) in [7, 11) is 0. The lowest BCUT2D eigenvalue weighted by Crippen LogP contribution is -2.08. The van der Waals surface area contributed by atoms with Crippen LogP contribution in [0.25, 0.3) is 11.1 Å². The topological polar surface area (TPSA) is 9.23 Å². The van der Waals surface area contributed by atoms with Crippen LogP contribution >= 0.6 is 11.6 Å². The lowest BCUT2D eigenvalue weighted by Gasteiger charge is -2.19. The first-order valence-corrected chi connectivity index (χ1v) is 8.43. The molecule has 0 heterocycles. The molecule has 0 saturated carbocycles. The monoisotopic (exact) mass is 340 g/mol. The van der Waals surface area contributed by atoms with Gasteiger partial charge in [0.2, 0.25) is 0 Å². The number of hydrogen-bond donors (Lipinski definition) is 0. The van der Waals surface area contributed by atoms with E-state index in [1.807, 2.05) is 42.5 Å². The highest BCUT2D eigenvalue weighted by molar-refractivity contribution is 6.17. The molecule has 122 valence electrons. The van der Waals surface area contributed by atoms with Crippen molar-refractivity contribution in [2.24, 2.45) is 0 Å². The van der Waals surface area contributed by atoms with Crippen molar-refractivity contribution in [3.05, 3.63) is 90.2 Å². The molecule has 0 aliphatic rings. The van der Waals surface area contributed by atoms with Gasteiger partial charge in [0.25, 0.3) is 0 Å². The van der Waals surface area contributed by atoms with E-state index in [2.05, 4.69) is 12.1 Å². The molecule has 0 saturated heterocycles. The fourth-order valence-electron chi connectivity index (χ4n) is 2.59. The van der Waals surface area contributed by atoms with Crippen molar-refractivity contribution in [1.29, 1.82) is 0 Å². The van der Waals surface area contributed by atoms with E-state index in [-0.39, 0.29) is 11.9 Å². The first kappa shape index (κ1) is 16.5. The molecule has 1 nitrogen and oxygen atoms in total. The van der Waals surface area contributed by atoms with Crippen LogP contribution < -0.4 is 4.74 Å². The molecule has 0 radical (unpaired) electrons. The van der Waals surface area contributed by atoms with E-state index in [0.29, 0.717) is 12.3 Å². The van der Waals surface area contributed by atoms with Crippen molar-refractivity contribution in [3.63, 3.8) is 0 Å². The molecule has 0 unspecified atom stereocenters. The van der Waals surface area contributed by atoms with Crippen LogP contribution in [0, 0.1) is 5.82 Å². The minimum Gasteiger partial charge on any atom is -0.486 e. The van der Waals surface area contributed by atoms with Gasteiger partial charge in [-0.05, 0) is 41.0 Å². The SMILES string of the molecule is Fc1ccc([C@@H](CCCl)Oc2ccc(-c3ccccc3)cc2)cc1. The maximum absolute atomic E-state index is 13.1. The highest BCUT2D eigenvalue weighted by Gasteiger charge is 2.13. The predicted molar refractivity (Wildman–Crippen MR) is 97.0 cm³/mol.